The molecule has 0 spiro atoms. The highest BCUT2D eigenvalue weighted by Gasteiger charge is 2.10. The maximum absolute atomic E-state index is 10.6. The monoisotopic (exact) mass is 237 g/mol. The van der Waals surface area contributed by atoms with Gasteiger partial charge in [0.15, 0.2) is 0 Å². The molecule has 0 aliphatic rings. The van der Waals surface area contributed by atoms with E-state index in [1.807, 2.05) is 0 Å². The first kappa shape index (κ1) is 10.4. The number of rotatable bonds is 2. The van der Waals surface area contributed by atoms with Crippen molar-refractivity contribution in [3.05, 3.63) is 45.3 Å². The van der Waals surface area contributed by atoms with Crippen molar-refractivity contribution in [2.24, 2.45) is 0 Å². The van der Waals surface area contributed by atoms with Crippen LogP contribution < -0.4 is 0 Å². The van der Waals surface area contributed by atoms with E-state index in [0.29, 0.717) is 11.3 Å². The van der Waals surface area contributed by atoms with Crippen LogP contribution in [0.2, 0.25) is 0 Å². The Kier molecular flexibility index (Phi) is 2.45. The third kappa shape index (κ3) is 1.68. The minimum absolute atomic E-state index is 0.0374. The lowest BCUT2D eigenvalue weighted by Gasteiger charge is -2.00. The van der Waals surface area contributed by atoms with E-state index in [2.05, 4.69) is 4.98 Å². The summed E-state index contributed by atoms with van der Waals surface area (Å²) in [4.78, 5) is 12.7. The largest absolute Gasteiger partial charge is 0.426 e. The lowest BCUT2D eigenvalue weighted by Crippen LogP contribution is -1.94. The molecule has 82 valence electrons. The number of nitrogens with zero attached hydrogens (tertiary/aromatic N) is 2. The van der Waals surface area contributed by atoms with Crippen molar-refractivity contribution in [2.75, 3.05) is 0 Å². The van der Waals surface area contributed by atoms with Crippen molar-refractivity contribution in [1.29, 1.82) is 0 Å². The number of imidazole rings is 1. The van der Waals surface area contributed by atoms with Gasteiger partial charge in [-0.1, -0.05) is 12.1 Å². The Hall–Kier alpha value is -2.15. The predicted octanol–water partition coefficient (Wildman–Crippen LogP) is 2.36. The lowest BCUT2D eigenvalue weighted by molar-refractivity contribution is -0.384. The van der Waals surface area contributed by atoms with Crippen LogP contribution in [0.15, 0.2) is 30.5 Å². The number of aromatic nitrogens is 2. The average molecular weight is 237 g/mol. The number of nitro benzene ring substituents is 1. The highest BCUT2D eigenvalue weighted by Crippen LogP contribution is 2.22. The molecule has 2 aromatic rings. The van der Waals surface area contributed by atoms with Crippen molar-refractivity contribution in [3.8, 4) is 11.3 Å². The zero-order chi connectivity index (χ0) is 11.7. The number of non-ortho nitro benzene ring substituents is 1. The molecule has 1 aromatic heterocycles. The Morgan fingerprint density at radius 2 is 2.25 bits per heavy atom. The first-order valence-electron chi connectivity index (χ1n) is 4.34. The molecule has 0 aliphatic carbocycles. The third-order valence-corrected chi connectivity index (χ3v) is 2.40. The van der Waals surface area contributed by atoms with Crippen LogP contribution in [-0.2, 0) is 0 Å². The molecule has 0 radical (unpaired) electrons. The summed E-state index contributed by atoms with van der Waals surface area (Å²) >= 11 is 4.78. The van der Waals surface area contributed by atoms with Gasteiger partial charge in [-0.3, -0.25) is 10.1 Å². The van der Waals surface area contributed by atoms with Crippen molar-refractivity contribution in [2.45, 2.75) is 0 Å². The van der Waals surface area contributed by atoms with Crippen LogP contribution in [-0.4, -0.2) is 19.8 Å². The van der Waals surface area contributed by atoms with E-state index >= 15 is 0 Å². The molecule has 0 amide bonds. The van der Waals surface area contributed by atoms with Crippen molar-refractivity contribution in [1.82, 2.24) is 9.71 Å². The molecule has 0 atom stereocenters. The number of hydrogen-bond donors (Lipinski definition) is 2. The van der Waals surface area contributed by atoms with E-state index < -0.39 is 4.92 Å². The number of nitrogens with one attached hydrogen (secondary N) is 1. The molecule has 0 unspecified atom stereocenters. The van der Waals surface area contributed by atoms with Gasteiger partial charge in [0.25, 0.3) is 5.69 Å². The standard InChI is InChI=1S/C9H7N3O3S/c13-11-8(5-10-9(11)16)6-2-1-3-7(4-6)12(14)15/h1-5,13H,(H,10,16). The Labute approximate surface area is 94.9 Å². The summed E-state index contributed by atoms with van der Waals surface area (Å²) in [6, 6.07) is 5.94. The second kappa shape index (κ2) is 3.78. The topological polar surface area (TPSA) is 84.1 Å². The molecule has 0 saturated heterocycles. The van der Waals surface area contributed by atoms with Gasteiger partial charge < -0.3 is 10.2 Å². The fourth-order valence-electron chi connectivity index (χ4n) is 1.35. The van der Waals surface area contributed by atoms with Crippen LogP contribution in [0.4, 0.5) is 5.69 Å². The predicted molar refractivity (Wildman–Crippen MR) is 58.9 cm³/mol. The minimum Gasteiger partial charge on any atom is -0.426 e. The summed E-state index contributed by atoms with van der Waals surface area (Å²) in [5.74, 6) is 0. The van der Waals surface area contributed by atoms with Crippen molar-refractivity contribution in [3.63, 3.8) is 0 Å². The van der Waals surface area contributed by atoms with Crippen molar-refractivity contribution >= 4 is 17.9 Å². The molecule has 1 heterocycles. The van der Waals surface area contributed by atoms with Crippen LogP contribution in [0.3, 0.4) is 0 Å². The summed E-state index contributed by atoms with van der Waals surface area (Å²) in [6.07, 6.45) is 1.49. The van der Waals surface area contributed by atoms with Gasteiger partial charge in [-0.25, -0.2) is 0 Å². The van der Waals surface area contributed by atoms with Gasteiger partial charge in [-0.15, -0.1) is 0 Å². The molecule has 0 bridgehead atoms. The van der Waals surface area contributed by atoms with E-state index in [4.69, 9.17) is 12.2 Å². The van der Waals surface area contributed by atoms with E-state index in [1.165, 1.54) is 18.3 Å². The number of hydrogen-bond acceptors (Lipinski definition) is 4. The summed E-state index contributed by atoms with van der Waals surface area (Å²) in [6.45, 7) is 0. The average Bonchev–Trinajstić information content (AvgIpc) is 2.60. The molecule has 2 rings (SSSR count). The SMILES string of the molecule is O=[N+]([O-])c1cccc(-c2c[nH]c(=S)n2O)c1. The van der Waals surface area contributed by atoms with Gasteiger partial charge in [0.05, 0.1) is 4.92 Å². The van der Waals surface area contributed by atoms with E-state index in [0.717, 1.165) is 4.73 Å². The lowest BCUT2D eigenvalue weighted by atomic mass is 10.1. The summed E-state index contributed by atoms with van der Waals surface area (Å²) in [5, 5.41) is 20.1. The first-order chi connectivity index (χ1) is 7.59. The molecular weight excluding hydrogens is 230 g/mol. The van der Waals surface area contributed by atoms with Gasteiger partial charge >= 0.3 is 0 Å². The molecule has 6 nitrogen and oxygen atoms in total. The summed E-state index contributed by atoms with van der Waals surface area (Å²) < 4.78 is 0.912. The highest BCUT2D eigenvalue weighted by molar-refractivity contribution is 7.71. The quantitative estimate of drug-likeness (QED) is 0.363. The fraction of sp³-hybridized carbons (Fsp3) is 0. The fourth-order valence-corrected chi connectivity index (χ4v) is 1.50. The Bertz CT molecular complexity index is 602. The van der Waals surface area contributed by atoms with Gasteiger partial charge in [0.1, 0.15) is 5.69 Å². The Morgan fingerprint density at radius 1 is 1.50 bits per heavy atom. The summed E-state index contributed by atoms with van der Waals surface area (Å²) in [5.41, 5.74) is 0.863. The third-order valence-electron chi connectivity index (χ3n) is 2.11. The maximum atomic E-state index is 10.6. The number of aromatic amines is 1. The Morgan fingerprint density at radius 3 is 2.81 bits per heavy atom. The van der Waals surface area contributed by atoms with Crippen LogP contribution in [0, 0.1) is 14.9 Å². The zero-order valence-corrected chi connectivity index (χ0v) is 8.77. The number of benzene rings is 1. The van der Waals surface area contributed by atoms with Crippen LogP contribution in [0.25, 0.3) is 11.3 Å². The number of H-pyrrole nitrogens is 1. The van der Waals surface area contributed by atoms with E-state index in [-0.39, 0.29) is 10.5 Å². The Balaban J connectivity index is 2.57. The zero-order valence-electron chi connectivity index (χ0n) is 7.95. The minimum atomic E-state index is -0.494. The van der Waals surface area contributed by atoms with Crippen LogP contribution in [0.5, 0.6) is 0 Å². The van der Waals surface area contributed by atoms with Crippen molar-refractivity contribution < 1.29 is 10.1 Å². The van der Waals surface area contributed by atoms with Gasteiger partial charge in [0, 0.05) is 23.9 Å². The molecule has 7 heteroatoms. The summed E-state index contributed by atoms with van der Waals surface area (Å²) in [7, 11) is 0. The second-order valence-corrected chi connectivity index (χ2v) is 3.49. The van der Waals surface area contributed by atoms with Crippen LogP contribution >= 0.6 is 12.2 Å². The van der Waals surface area contributed by atoms with E-state index in [1.54, 1.807) is 12.1 Å². The molecule has 16 heavy (non-hydrogen) atoms. The maximum Gasteiger partial charge on any atom is 0.270 e. The molecule has 0 aliphatic heterocycles. The van der Waals surface area contributed by atoms with Gasteiger partial charge in [-0.2, -0.15) is 4.73 Å². The number of nitro groups is 1. The second-order valence-electron chi connectivity index (χ2n) is 3.10. The molecule has 0 saturated carbocycles. The first-order valence-corrected chi connectivity index (χ1v) is 4.75. The molecule has 1 aromatic carbocycles. The van der Waals surface area contributed by atoms with Crippen LogP contribution in [0.1, 0.15) is 0 Å². The normalized spacial score (nSPS) is 10.2. The smallest absolute Gasteiger partial charge is 0.270 e. The highest BCUT2D eigenvalue weighted by atomic mass is 32.1. The molecule has 0 fully saturated rings. The molecular formula is C9H7N3O3S. The molecule has 2 N–H and O–H groups in total. The van der Waals surface area contributed by atoms with E-state index in [9.17, 15) is 15.3 Å². The van der Waals surface area contributed by atoms with Gasteiger partial charge in [0.2, 0.25) is 4.77 Å². The van der Waals surface area contributed by atoms with Gasteiger partial charge in [-0.05, 0) is 12.2 Å².